The van der Waals surface area contributed by atoms with Crippen LogP contribution in [-0.4, -0.2) is 9.97 Å². The molecular formula is C34H10N10. The quantitative estimate of drug-likeness (QED) is 0.287. The van der Waals surface area contributed by atoms with E-state index in [9.17, 15) is 42.1 Å². The van der Waals surface area contributed by atoms with Gasteiger partial charge in [-0.3, -0.25) is 0 Å². The zero-order valence-electron chi connectivity index (χ0n) is 22.2. The monoisotopic (exact) mass is 558 g/mol. The Balaban J connectivity index is 1.91. The first-order valence-electron chi connectivity index (χ1n) is 12.5. The fourth-order valence-corrected chi connectivity index (χ4v) is 4.83. The van der Waals surface area contributed by atoms with E-state index in [0.717, 1.165) is 0 Å². The van der Waals surface area contributed by atoms with Gasteiger partial charge < -0.3 is 0 Å². The lowest BCUT2D eigenvalue weighted by atomic mass is 9.93. The van der Waals surface area contributed by atoms with Gasteiger partial charge in [0.15, 0.2) is 0 Å². The molecule has 2 heterocycles. The van der Waals surface area contributed by atoms with Crippen LogP contribution in [-0.2, 0) is 0 Å². The van der Waals surface area contributed by atoms with Gasteiger partial charge in [-0.05, 0) is 36.4 Å². The second kappa shape index (κ2) is 11.3. The number of nitriles is 8. The molecule has 0 aliphatic rings. The van der Waals surface area contributed by atoms with E-state index in [1.165, 1.54) is 24.3 Å². The number of hydrogen-bond donors (Lipinski definition) is 0. The second-order valence-electron chi connectivity index (χ2n) is 9.14. The van der Waals surface area contributed by atoms with Crippen molar-refractivity contribution in [1.82, 2.24) is 9.97 Å². The maximum absolute atomic E-state index is 10.2. The molecule has 0 bridgehead atoms. The number of aromatic nitrogens is 2. The van der Waals surface area contributed by atoms with Crippen LogP contribution in [0.5, 0.6) is 0 Å². The van der Waals surface area contributed by atoms with Crippen molar-refractivity contribution < 1.29 is 0 Å². The van der Waals surface area contributed by atoms with Crippen LogP contribution in [0.3, 0.4) is 0 Å². The number of nitrogens with zero attached hydrogens (tertiary/aromatic N) is 10. The van der Waals surface area contributed by atoms with Gasteiger partial charge in [0, 0.05) is 21.9 Å². The average Bonchev–Trinajstić information content (AvgIpc) is 3.08. The minimum atomic E-state index is -0.0585. The summed E-state index contributed by atoms with van der Waals surface area (Å²) in [4.78, 5) is 9.39. The molecule has 0 fully saturated rings. The third kappa shape index (κ3) is 4.51. The fraction of sp³-hybridized carbons (Fsp3) is 0. The minimum Gasteiger partial charge on any atom is -0.245 e. The van der Waals surface area contributed by atoms with E-state index in [0.29, 0.717) is 21.8 Å². The SMILES string of the molecule is N#C/C(c1c(C#N)cc(C#N)cc1C#N)=c1/ccc2ccc3cc/c(=C(/C#N)c4c(C#N)cc(C#N)cc4C#N)nc3c2n1. The van der Waals surface area contributed by atoms with Gasteiger partial charge in [0.25, 0.3) is 0 Å². The Morgan fingerprint density at radius 1 is 0.432 bits per heavy atom. The molecular weight excluding hydrogens is 548 g/mol. The maximum atomic E-state index is 10.2. The van der Waals surface area contributed by atoms with Crippen LogP contribution < -0.4 is 10.7 Å². The molecule has 0 radical (unpaired) electrons. The third-order valence-corrected chi connectivity index (χ3v) is 6.77. The van der Waals surface area contributed by atoms with Crippen LogP contribution in [0.1, 0.15) is 44.5 Å². The van der Waals surface area contributed by atoms with Crippen molar-refractivity contribution in [3.63, 3.8) is 0 Å². The topological polar surface area (TPSA) is 216 Å². The van der Waals surface area contributed by atoms with Crippen molar-refractivity contribution in [2.24, 2.45) is 0 Å². The summed E-state index contributed by atoms with van der Waals surface area (Å²) in [5.41, 5.74) is 0.731. The molecule has 0 saturated heterocycles. The van der Waals surface area contributed by atoms with Gasteiger partial charge in [0.1, 0.15) is 12.1 Å². The molecule has 0 atom stereocenters. The van der Waals surface area contributed by atoms with Crippen molar-refractivity contribution in [1.29, 1.82) is 42.1 Å². The lowest BCUT2D eigenvalue weighted by Gasteiger charge is -2.08. The van der Waals surface area contributed by atoms with Crippen LogP contribution in [0.15, 0.2) is 60.7 Å². The molecule has 0 aliphatic heterocycles. The molecule has 0 amide bonds. The Labute approximate surface area is 249 Å². The van der Waals surface area contributed by atoms with E-state index in [4.69, 9.17) is 9.97 Å². The molecule has 0 unspecified atom stereocenters. The van der Waals surface area contributed by atoms with Crippen LogP contribution in [0.2, 0.25) is 0 Å². The smallest absolute Gasteiger partial charge is 0.102 e. The molecule has 196 valence electrons. The Kier molecular flexibility index (Phi) is 7.13. The molecule has 44 heavy (non-hydrogen) atoms. The molecule has 0 aliphatic carbocycles. The van der Waals surface area contributed by atoms with Gasteiger partial charge in [0.05, 0.1) is 103 Å². The largest absolute Gasteiger partial charge is 0.245 e. The number of pyridine rings is 2. The fourth-order valence-electron chi connectivity index (χ4n) is 4.83. The summed E-state index contributed by atoms with van der Waals surface area (Å²) < 4.78 is 0. The van der Waals surface area contributed by atoms with Gasteiger partial charge in [-0.1, -0.05) is 24.3 Å². The first kappa shape index (κ1) is 27.7. The van der Waals surface area contributed by atoms with Gasteiger partial charge in [0.2, 0.25) is 0 Å². The molecule has 0 saturated carbocycles. The number of fused-ring (bicyclic) bond motifs is 3. The zero-order valence-corrected chi connectivity index (χ0v) is 22.2. The zero-order chi connectivity index (χ0) is 31.4. The molecule has 2 aromatic heterocycles. The van der Waals surface area contributed by atoms with Crippen molar-refractivity contribution in [2.75, 3.05) is 0 Å². The highest BCUT2D eigenvalue weighted by molar-refractivity contribution is 6.03. The first-order valence-corrected chi connectivity index (χ1v) is 12.5. The summed E-state index contributed by atoms with van der Waals surface area (Å²) in [6, 6.07) is 31.0. The third-order valence-electron chi connectivity index (χ3n) is 6.77. The minimum absolute atomic E-state index is 0.0327. The Hall–Kier alpha value is -7.86. The van der Waals surface area contributed by atoms with Gasteiger partial charge in [-0.2, -0.15) is 42.1 Å². The lowest BCUT2D eigenvalue weighted by molar-refractivity contribution is 1.26. The van der Waals surface area contributed by atoms with Crippen molar-refractivity contribution in [3.05, 3.63) is 116 Å². The molecule has 10 heteroatoms. The highest BCUT2D eigenvalue weighted by atomic mass is 14.8. The van der Waals surface area contributed by atoms with E-state index >= 15 is 0 Å². The van der Waals surface area contributed by atoms with E-state index in [-0.39, 0.29) is 66.4 Å². The molecule has 0 N–H and O–H groups in total. The summed E-state index contributed by atoms with van der Waals surface area (Å²) in [6.07, 6.45) is 0. The highest BCUT2D eigenvalue weighted by Gasteiger charge is 2.19. The molecule has 3 aromatic carbocycles. The van der Waals surface area contributed by atoms with Gasteiger partial charge in [-0.25, -0.2) is 9.97 Å². The second-order valence-corrected chi connectivity index (χ2v) is 9.14. The van der Waals surface area contributed by atoms with Crippen molar-refractivity contribution >= 4 is 33.0 Å². The van der Waals surface area contributed by atoms with Crippen LogP contribution in [0.25, 0.3) is 33.0 Å². The van der Waals surface area contributed by atoms with Crippen LogP contribution in [0.4, 0.5) is 0 Å². The average molecular weight is 559 g/mol. The molecule has 0 spiro atoms. The Morgan fingerprint density at radius 3 is 1.02 bits per heavy atom. The van der Waals surface area contributed by atoms with Crippen molar-refractivity contribution in [3.8, 4) is 48.6 Å². The summed E-state index contributed by atoms with van der Waals surface area (Å²) in [7, 11) is 0. The Morgan fingerprint density at radius 2 is 0.750 bits per heavy atom. The Bertz CT molecular complexity index is 2340. The van der Waals surface area contributed by atoms with Gasteiger partial charge >= 0.3 is 0 Å². The number of rotatable bonds is 2. The lowest BCUT2D eigenvalue weighted by Crippen LogP contribution is -2.15. The normalized spacial score (nSPS) is 11.3. The van der Waals surface area contributed by atoms with E-state index in [2.05, 4.69) is 0 Å². The van der Waals surface area contributed by atoms with E-state index in [1.54, 1.807) is 36.4 Å². The van der Waals surface area contributed by atoms with E-state index in [1.807, 2.05) is 48.6 Å². The summed E-state index contributed by atoms with van der Waals surface area (Å²) >= 11 is 0. The predicted molar refractivity (Wildman–Crippen MR) is 154 cm³/mol. The standard InChI is InChI=1S/C34H10N10/c35-11-19-7-23(13-37)31(24(8-19)14-38)27(17-41)29-5-3-21-1-2-22-4-6-30(44-34(22)33(21)43-29)28(18-42)32-25(15-39)9-20(12-36)10-26(32)16-40/h1-10H/b29-27+,30-28+. The van der Waals surface area contributed by atoms with E-state index < -0.39 is 0 Å². The molecule has 5 rings (SSSR count). The summed E-state index contributed by atoms with van der Waals surface area (Å²) in [5, 5.41) is 79.5. The van der Waals surface area contributed by atoms with Crippen LogP contribution in [0, 0.1) is 90.6 Å². The molecule has 10 nitrogen and oxygen atoms in total. The van der Waals surface area contributed by atoms with Crippen LogP contribution >= 0.6 is 0 Å². The highest BCUT2D eigenvalue weighted by Crippen LogP contribution is 2.26. The number of benzene rings is 3. The first-order chi connectivity index (χ1) is 21.4. The maximum Gasteiger partial charge on any atom is 0.102 e. The number of hydrogen-bond acceptors (Lipinski definition) is 10. The van der Waals surface area contributed by atoms with Crippen molar-refractivity contribution in [2.45, 2.75) is 0 Å². The summed E-state index contributed by atoms with van der Waals surface area (Å²) in [6.45, 7) is 0. The summed E-state index contributed by atoms with van der Waals surface area (Å²) in [5.74, 6) is 0. The molecule has 5 aromatic rings. The predicted octanol–water partition coefficient (Wildman–Crippen LogP) is 3.46. The van der Waals surface area contributed by atoms with Gasteiger partial charge in [-0.15, -0.1) is 0 Å².